The summed E-state index contributed by atoms with van der Waals surface area (Å²) in [6.07, 6.45) is 4.14. The Morgan fingerprint density at radius 1 is 1.32 bits per heavy atom. The van der Waals surface area contributed by atoms with Crippen LogP contribution in [-0.2, 0) is 0 Å². The topological polar surface area (TPSA) is 67.1 Å². The molecule has 0 aliphatic carbocycles. The Morgan fingerprint density at radius 2 is 2.08 bits per heavy atom. The highest BCUT2D eigenvalue weighted by Crippen LogP contribution is 2.38. The second-order valence-corrected chi connectivity index (χ2v) is 7.96. The Labute approximate surface area is 162 Å². The van der Waals surface area contributed by atoms with Crippen molar-refractivity contribution in [1.29, 1.82) is 0 Å². The van der Waals surface area contributed by atoms with E-state index in [-0.39, 0.29) is 0 Å². The number of benzene rings is 1. The highest BCUT2D eigenvalue weighted by Gasteiger charge is 2.17. The van der Waals surface area contributed by atoms with Gasteiger partial charge in [0.1, 0.15) is 10.8 Å². The highest BCUT2D eigenvalue weighted by molar-refractivity contribution is 7.99. The van der Waals surface area contributed by atoms with Gasteiger partial charge in [0, 0.05) is 18.5 Å². The van der Waals surface area contributed by atoms with Gasteiger partial charge in [-0.15, -0.1) is 0 Å². The third-order valence-corrected chi connectivity index (χ3v) is 6.26. The van der Waals surface area contributed by atoms with Gasteiger partial charge >= 0.3 is 0 Å². The van der Waals surface area contributed by atoms with E-state index >= 15 is 0 Å². The number of nitrogens with zero attached hydrogens (tertiary/aromatic N) is 3. The number of hydrogen-bond acceptors (Lipinski definition) is 6. The summed E-state index contributed by atoms with van der Waals surface area (Å²) in [6.45, 7) is 3.13. The van der Waals surface area contributed by atoms with Crippen LogP contribution in [-0.4, -0.2) is 36.6 Å². The van der Waals surface area contributed by atoms with Crippen molar-refractivity contribution < 1.29 is 0 Å². The molecule has 0 saturated carbocycles. The van der Waals surface area contributed by atoms with E-state index in [4.69, 9.17) is 28.9 Å². The van der Waals surface area contributed by atoms with E-state index < -0.39 is 0 Å². The van der Waals surface area contributed by atoms with Gasteiger partial charge < -0.3 is 16.0 Å². The number of piperidine rings is 1. The van der Waals surface area contributed by atoms with Crippen LogP contribution < -0.4 is 16.0 Å². The summed E-state index contributed by atoms with van der Waals surface area (Å²) in [6, 6.07) is 5.49. The van der Waals surface area contributed by atoms with Crippen molar-refractivity contribution in [3.63, 3.8) is 0 Å². The second kappa shape index (κ2) is 8.45. The van der Waals surface area contributed by atoms with Crippen molar-refractivity contribution in [2.75, 3.05) is 37.3 Å². The number of aromatic nitrogens is 2. The first kappa shape index (κ1) is 18.6. The Balaban J connectivity index is 1.70. The SMILES string of the molecule is CN(CC1CCNCC1)c1cnc(Sc2cccc(Cl)c2Cl)c(N)n1. The molecule has 0 unspecified atom stereocenters. The predicted molar refractivity (Wildman–Crippen MR) is 106 cm³/mol. The van der Waals surface area contributed by atoms with Crippen LogP contribution in [0.15, 0.2) is 34.3 Å². The predicted octanol–water partition coefficient (Wildman–Crippen LogP) is 3.95. The van der Waals surface area contributed by atoms with Gasteiger partial charge in [-0.1, -0.05) is 41.0 Å². The minimum absolute atomic E-state index is 0.399. The highest BCUT2D eigenvalue weighted by atomic mass is 35.5. The molecule has 0 radical (unpaired) electrons. The molecule has 3 N–H and O–H groups in total. The normalized spacial score (nSPS) is 15.3. The fraction of sp³-hybridized carbons (Fsp3) is 0.412. The first-order chi connectivity index (χ1) is 12.0. The quantitative estimate of drug-likeness (QED) is 0.795. The molecule has 1 aliphatic heterocycles. The van der Waals surface area contributed by atoms with E-state index in [2.05, 4.69) is 20.2 Å². The number of rotatable bonds is 5. The molecule has 8 heteroatoms. The molecule has 25 heavy (non-hydrogen) atoms. The molecule has 0 bridgehead atoms. The summed E-state index contributed by atoms with van der Waals surface area (Å²) in [5.41, 5.74) is 6.12. The number of nitrogens with one attached hydrogen (secondary N) is 1. The van der Waals surface area contributed by atoms with Crippen LogP contribution in [0.3, 0.4) is 0 Å². The van der Waals surface area contributed by atoms with Crippen LogP contribution in [0.25, 0.3) is 0 Å². The first-order valence-electron chi connectivity index (χ1n) is 8.21. The van der Waals surface area contributed by atoms with Crippen LogP contribution in [0, 0.1) is 5.92 Å². The van der Waals surface area contributed by atoms with Crippen LogP contribution in [0.1, 0.15) is 12.8 Å². The molecule has 0 atom stereocenters. The maximum Gasteiger partial charge on any atom is 0.158 e. The lowest BCUT2D eigenvalue weighted by Crippen LogP contribution is -2.34. The molecule has 2 aromatic rings. The van der Waals surface area contributed by atoms with Gasteiger partial charge in [0.15, 0.2) is 5.82 Å². The number of nitrogen functional groups attached to an aromatic ring is 1. The Bertz CT molecular complexity index is 737. The minimum atomic E-state index is 0.399. The Hall–Kier alpha value is -1.21. The lowest BCUT2D eigenvalue weighted by molar-refractivity contribution is 0.377. The summed E-state index contributed by atoms with van der Waals surface area (Å²) in [5.74, 6) is 1.86. The Morgan fingerprint density at radius 3 is 2.80 bits per heavy atom. The average molecular weight is 398 g/mol. The smallest absolute Gasteiger partial charge is 0.158 e. The monoisotopic (exact) mass is 397 g/mol. The van der Waals surface area contributed by atoms with E-state index in [1.807, 2.05) is 19.2 Å². The zero-order valence-corrected chi connectivity index (χ0v) is 16.3. The summed E-state index contributed by atoms with van der Waals surface area (Å²) in [5, 5.41) is 5.03. The van der Waals surface area contributed by atoms with Gasteiger partial charge in [-0.05, 0) is 44.0 Å². The van der Waals surface area contributed by atoms with Crippen LogP contribution in [0.2, 0.25) is 10.0 Å². The van der Waals surface area contributed by atoms with Crippen molar-refractivity contribution in [3.8, 4) is 0 Å². The molecule has 134 valence electrons. The van der Waals surface area contributed by atoms with Gasteiger partial charge in [-0.25, -0.2) is 9.97 Å². The number of anilines is 2. The fourth-order valence-corrected chi connectivity index (χ4v) is 4.14. The van der Waals surface area contributed by atoms with E-state index in [1.165, 1.54) is 24.6 Å². The maximum atomic E-state index is 6.23. The fourth-order valence-electron chi connectivity index (χ4n) is 2.86. The summed E-state index contributed by atoms with van der Waals surface area (Å²) in [4.78, 5) is 11.9. The number of nitrogens with two attached hydrogens (primary N) is 1. The maximum absolute atomic E-state index is 6.23. The number of hydrogen-bond donors (Lipinski definition) is 2. The molecule has 2 heterocycles. The summed E-state index contributed by atoms with van der Waals surface area (Å²) in [7, 11) is 2.03. The van der Waals surface area contributed by atoms with Crippen molar-refractivity contribution in [3.05, 3.63) is 34.4 Å². The van der Waals surface area contributed by atoms with Crippen LogP contribution in [0.5, 0.6) is 0 Å². The molecular weight excluding hydrogens is 377 g/mol. The first-order valence-corrected chi connectivity index (χ1v) is 9.78. The Kier molecular flexibility index (Phi) is 6.28. The summed E-state index contributed by atoms with van der Waals surface area (Å²) >= 11 is 13.7. The third-order valence-electron chi connectivity index (χ3n) is 4.26. The van der Waals surface area contributed by atoms with E-state index in [9.17, 15) is 0 Å². The van der Waals surface area contributed by atoms with E-state index in [0.29, 0.717) is 26.8 Å². The van der Waals surface area contributed by atoms with Crippen LogP contribution in [0.4, 0.5) is 11.6 Å². The third kappa shape index (κ3) is 4.70. The van der Waals surface area contributed by atoms with Crippen molar-refractivity contribution in [2.45, 2.75) is 22.8 Å². The molecule has 1 saturated heterocycles. The van der Waals surface area contributed by atoms with Crippen molar-refractivity contribution in [1.82, 2.24) is 15.3 Å². The lowest BCUT2D eigenvalue weighted by Gasteiger charge is -2.28. The van der Waals surface area contributed by atoms with Crippen molar-refractivity contribution in [2.24, 2.45) is 5.92 Å². The molecule has 3 rings (SSSR count). The van der Waals surface area contributed by atoms with E-state index in [0.717, 1.165) is 30.3 Å². The standard InChI is InChI=1S/C17H21Cl2N5S/c1-24(10-11-5-7-21-8-6-11)14-9-22-17(16(20)23-14)25-13-4-2-3-12(18)15(13)19/h2-4,9,11,21H,5-8,10H2,1H3,(H2,20,23). The van der Waals surface area contributed by atoms with Gasteiger partial charge in [0.05, 0.1) is 16.2 Å². The van der Waals surface area contributed by atoms with Gasteiger partial charge in [0.2, 0.25) is 0 Å². The molecule has 1 aliphatic rings. The average Bonchev–Trinajstić information content (AvgIpc) is 2.61. The van der Waals surface area contributed by atoms with Crippen molar-refractivity contribution >= 4 is 46.6 Å². The molecule has 1 aromatic carbocycles. The van der Waals surface area contributed by atoms with Gasteiger partial charge in [-0.2, -0.15) is 0 Å². The summed E-state index contributed by atoms with van der Waals surface area (Å²) < 4.78 is 0. The van der Waals surface area contributed by atoms with Gasteiger partial charge in [-0.3, -0.25) is 0 Å². The molecule has 0 spiro atoms. The molecule has 1 fully saturated rings. The second-order valence-electron chi connectivity index (χ2n) is 6.15. The largest absolute Gasteiger partial charge is 0.381 e. The molecule has 5 nitrogen and oxygen atoms in total. The molecular formula is C17H21Cl2N5S. The molecule has 0 amide bonds. The van der Waals surface area contributed by atoms with Gasteiger partial charge in [0.25, 0.3) is 0 Å². The van der Waals surface area contributed by atoms with E-state index in [1.54, 1.807) is 12.3 Å². The lowest BCUT2D eigenvalue weighted by atomic mass is 9.98. The minimum Gasteiger partial charge on any atom is -0.381 e. The zero-order chi connectivity index (χ0) is 17.8. The zero-order valence-electron chi connectivity index (χ0n) is 14.0. The number of halogens is 2. The van der Waals surface area contributed by atoms with Crippen LogP contribution >= 0.6 is 35.0 Å². The molecule has 1 aromatic heterocycles.